The van der Waals surface area contributed by atoms with Crippen LogP contribution < -0.4 is 20.1 Å². The lowest BCUT2D eigenvalue weighted by molar-refractivity contribution is 0.102. The minimum Gasteiger partial charge on any atom is -0.492 e. The number of aliphatic hydroxyl groups is 1. The molecule has 0 radical (unpaired) electrons. The lowest BCUT2D eigenvalue weighted by Gasteiger charge is -2.18. The summed E-state index contributed by atoms with van der Waals surface area (Å²) in [6.07, 6.45) is 0.476. The third kappa shape index (κ3) is 8.07. The molecule has 2 aromatic rings. The number of halogens is 1. The molecule has 3 atom stereocenters. The first-order chi connectivity index (χ1) is 14.1. The van der Waals surface area contributed by atoms with E-state index in [1.165, 1.54) is 5.56 Å². The molecular formula is C22H29ClN2O3S. The van der Waals surface area contributed by atoms with E-state index < -0.39 is 6.10 Å². The van der Waals surface area contributed by atoms with Crippen LogP contribution in [-0.4, -0.2) is 54.7 Å². The second-order valence-corrected chi connectivity index (χ2v) is 9.00. The lowest BCUT2D eigenvalue weighted by Crippen LogP contribution is -2.39. The van der Waals surface area contributed by atoms with E-state index >= 15 is 0 Å². The molecule has 1 saturated heterocycles. The molecule has 0 aliphatic carbocycles. The van der Waals surface area contributed by atoms with Crippen molar-refractivity contribution in [2.75, 3.05) is 32.2 Å². The third-order valence-electron chi connectivity index (χ3n) is 4.62. The van der Waals surface area contributed by atoms with Crippen LogP contribution in [0.15, 0.2) is 48.5 Å². The first-order valence-electron chi connectivity index (χ1n) is 9.92. The number of nitrogens with one attached hydrogen (secondary N) is 2. The Bertz CT molecular complexity index is 741. The molecule has 5 nitrogen and oxygen atoms in total. The molecule has 3 N–H and O–H groups in total. The van der Waals surface area contributed by atoms with Crippen molar-refractivity contribution < 1.29 is 14.6 Å². The third-order valence-corrected chi connectivity index (χ3v) is 6.03. The van der Waals surface area contributed by atoms with Gasteiger partial charge in [-0.15, -0.1) is 11.8 Å². The SMILES string of the molecule is CC(COc1ccc(CC2CNCS2)cc1)NCC(O)COc1cccc(Cl)c1. The molecule has 0 aromatic heterocycles. The van der Waals surface area contributed by atoms with Gasteiger partial charge in [-0.1, -0.05) is 29.8 Å². The van der Waals surface area contributed by atoms with E-state index in [9.17, 15) is 5.11 Å². The molecule has 29 heavy (non-hydrogen) atoms. The van der Waals surface area contributed by atoms with Crippen LogP contribution in [0.5, 0.6) is 11.5 Å². The van der Waals surface area contributed by atoms with Crippen molar-refractivity contribution in [3.8, 4) is 11.5 Å². The maximum absolute atomic E-state index is 10.1. The zero-order valence-corrected chi connectivity index (χ0v) is 18.2. The molecule has 0 saturated carbocycles. The number of ether oxygens (including phenoxy) is 2. The number of hydrogen-bond acceptors (Lipinski definition) is 6. The Kier molecular flexibility index (Phi) is 8.95. The van der Waals surface area contributed by atoms with Crippen molar-refractivity contribution >= 4 is 23.4 Å². The molecule has 0 bridgehead atoms. The average molecular weight is 437 g/mol. The Hall–Kier alpha value is -1.44. The highest BCUT2D eigenvalue weighted by atomic mass is 35.5. The zero-order chi connectivity index (χ0) is 20.5. The van der Waals surface area contributed by atoms with Crippen LogP contribution in [0.1, 0.15) is 12.5 Å². The van der Waals surface area contributed by atoms with Crippen molar-refractivity contribution in [1.82, 2.24) is 10.6 Å². The summed E-state index contributed by atoms with van der Waals surface area (Å²) < 4.78 is 11.4. The maximum atomic E-state index is 10.1. The summed E-state index contributed by atoms with van der Waals surface area (Å²) >= 11 is 7.90. The van der Waals surface area contributed by atoms with Gasteiger partial charge in [0.1, 0.15) is 30.8 Å². The average Bonchev–Trinajstić information content (AvgIpc) is 3.23. The molecule has 1 aliphatic rings. The van der Waals surface area contributed by atoms with E-state index in [-0.39, 0.29) is 12.6 Å². The zero-order valence-electron chi connectivity index (χ0n) is 16.6. The number of rotatable bonds is 11. The highest BCUT2D eigenvalue weighted by Crippen LogP contribution is 2.21. The van der Waals surface area contributed by atoms with E-state index in [1.54, 1.807) is 12.1 Å². The van der Waals surface area contributed by atoms with Gasteiger partial charge in [-0.3, -0.25) is 0 Å². The Morgan fingerprint density at radius 1 is 1.17 bits per heavy atom. The summed E-state index contributed by atoms with van der Waals surface area (Å²) in [7, 11) is 0. The van der Waals surface area contributed by atoms with Gasteiger partial charge in [-0.25, -0.2) is 0 Å². The van der Waals surface area contributed by atoms with Crippen LogP contribution in [0, 0.1) is 0 Å². The standard InChI is InChI=1S/C22H29ClN2O3S/c1-16(25-11-19(26)14-28-21-4-2-3-18(23)10-21)13-27-20-7-5-17(6-8-20)9-22-12-24-15-29-22/h2-8,10,16,19,22,24-26H,9,11-15H2,1H3. The minimum absolute atomic E-state index is 0.108. The van der Waals surface area contributed by atoms with E-state index in [4.69, 9.17) is 21.1 Å². The molecule has 7 heteroatoms. The first kappa shape index (κ1) is 22.2. The van der Waals surface area contributed by atoms with E-state index in [0.29, 0.717) is 29.2 Å². The summed E-state index contributed by atoms with van der Waals surface area (Å²) in [4.78, 5) is 0. The normalized spacial score (nSPS) is 18.4. The van der Waals surface area contributed by atoms with Gasteiger partial charge in [0.05, 0.1) is 0 Å². The van der Waals surface area contributed by atoms with Gasteiger partial charge in [0, 0.05) is 35.3 Å². The molecule has 158 valence electrons. The van der Waals surface area contributed by atoms with Crippen molar-refractivity contribution in [3.63, 3.8) is 0 Å². The van der Waals surface area contributed by atoms with Crippen LogP contribution in [0.2, 0.25) is 5.02 Å². The van der Waals surface area contributed by atoms with Gasteiger partial charge in [-0.2, -0.15) is 0 Å². The van der Waals surface area contributed by atoms with Gasteiger partial charge < -0.3 is 25.2 Å². The molecule has 3 unspecified atom stereocenters. The van der Waals surface area contributed by atoms with Crippen LogP contribution >= 0.6 is 23.4 Å². The molecule has 0 spiro atoms. The van der Waals surface area contributed by atoms with Gasteiger partial charge >= 0.3 is 0 Å². The predicted molar refractivity (Wildman–Crippen MR) is 120 cm³/mol. The molecule has 1 heterocycles. The van der Waals surface area contributed by atoms with Gasteiger partial charge in [0.25, 0.3) is 0 Å². The second kappa shape index (κ2) is 11.7. The second-order valence-electron chi connectivity index (χ2n) is 7.28. The van der Waals surface area contributed by atoms with Gasteiger partial charge in [-0.05, 0) is 49.2 Å². The molecule has 1 aliphatic heterocycles. The number of benzene rings is 2. The van der Waals surface area contributed by atoms with E-state index in [1.807, 2.05) is 43.0 Å². The summed E-state index contributed by atoms with van der Waals surface area (Å²) in [6.45, 7) is 4.28. The topological polar surface area (TPSA) is 62.8 Å². The Morgan fingerprint density at radius 2 is 1.97 bits per heavy atom. The van der Waals surface area contributed by atoms with Crippen LogP contribution in [0.25, 0.3) is 0 Å². The molecule has 0 amide bonds. The predicted octanol–water partition coefficient (Wildman–Crippen LogP) is 3.34. The highest BCUT2D eigenvalue weighted by molar-refractivity contribution is 8.00. The summed E-state index contributed by atoms with van der Waals surface area (Å²) in [5.41, 5.74) is 1.34. The lowest BCUT2D eigenvalue weighted by atomic mass is 10.1. The van der Waals surface area contributed by atoms with Gasteiger partial charge in [0.2, 0.25) is 0 Å². The van der Waals surface area contributed by atoms with Crippen LogP contribution in [0.4, 0.5) is 0 Å². The van der Waals surface area contributed by atoms with E-state index in [2.05, 4.69) is 22.8 Å². The Morgan fingerprint density at radius 3 is 2.69 bits per heavy atom. The summed E-state index contributed by atoms with van der Waals surface area (Å²) in [6, 6.07) is 15.6. The smallest absolute Gasteiger partial charge is 0.120 e. The Labute approximate surface area is 182 Å². The first-order valence-corrected chi connectivity index (χ1v) is 11.3. The van der Waals surface area contributed by atoms with Crippen molar-refractivity contribution in [2.45, 2.75) is 30.7 Å². The van der Waals surface area contributed by atoms with Crippen LogP contribution in [0.3, 0.4) is 0 Å². The fourth-order valence-corrected chi connectivity index (χ4v) is 4.19. The fourth-order valence-electron chi connectivity index (χ4n) is 3.00. The summed E-state index contributed by atoms with van der Waals surface area (Å²) in [5.74, 6) is 2.57. The maximum Gasteiger partial charge on any atom is 0.120 e. The number of hydrogen-bond donors (Lipinski definition) is 3. The highest BCUT2D eigenvalue weighted by Gasteiger charge is 2.15. The minimum atomic E-state index is -0.612. The molecule has 3 rings (SSSR count). The van der Waals surface area contributed by atoms with Crippen molar-refractivity contribution in [1.29, 1.82) is 0 Å². The molecular weight excluding hydrogens is 408 g/mol. The largest absolute Gasteiger partial charge is 0.492 e. The molecule has 1 fully saturated rings. The summed E-state index contributed by atoms with van der Waals surface area (Å²) in [5, 5.41) is 18.0. The number of aliphatic hydroxyl groups excluding tert-OH is 1. The van der Waals surface area contributed by atoms with Crippen molar-refractivity contribution in [3.05, 3.63) is 59.1 Å². The van der Waals surface area contributed by atoms with Crippen LogP contribution in [-0.2, 0) is 6.42 Å². The van der Waals surface area contributed by atoms with E-state index in [0.717, 1.165) is 24.6 Å². The Balaban J connectivity index is 1.31. The number of thioether (sulfide) groups is 1. The van der Waals surface area contributed by atoms with Gasteiger partial charge in [0.15, 0.2) is 0 Å². The quantitative estimate of drug-likeness (QED) is 0.502. The van der Waals surface area contributed by atoms with Crippen molar-refractivity contribution in [2.24, 2.45) is 0 Å². The fraction of sp³-hybridized carbons (Fsp3) is 0.455. The monoisotopic (exact) mass is 436 g/mol. The molecule has 2 aromatic carbocycles.